The number of hydrogen-bond acceptors (Lipinski definition) is 6. The van der Waals surface area contributed by atoms with E-state index in [1.165, 1.54) is 12.3 Å². The smallest absolute Gasteiger partial charge is 0.208 e. The van der Waals surface area contributed by atoms with Gasteiger partial charge in [0.1, 0.15) is 0 Å². The van der Waals surface area contributed by atoms with Crippen LogP contribution in [0.15, 0.2) is 42.6 Å². The van der Waals surface area contributed by atoms with Crippen molar-refractivity contribution >= 4 is 5.57 Å². The van der Waals surface area contributed by atoms with Gasteiger partial charge in [-0.2, -0.15) is 0 Å². The second-order valence-electron chi connectivity index (χ2n) is 6.19. The number of aromatic hydroxyl groups is 5. The first-order chi connectivity index (χ1) is 13.3. The van der Waals surface area contributed by atoms with E-state index in [2.05, 4.69) is 13.8 Å². The van der Waals surface area contributed by atoms with Crippen molar-refractivity contribution < 1.29 is 25.5 Å². The van der Waals surface area contributed by atoms with Crippen molar-refractivity contribution in [3.05, 3.63) is 59.3 Å². The van der Waals surface area contributed by atoms with E-state index in [0.29, 0.717) is 12.3 Å². The predicted octanol–water partition coefficient (Wildman–Crippen LogP) is 4.46. The van der Waals surface area contributed by atoms with Gasteiger partial charge < -0.3 is 31.3 Å². The average Bonchev–Trinajstić information content (AvgIpc) is 2.70. The fourth-order valence-corrected chi connectivity index (χ4v) is 2.82. The lowest BCUT2D eigenvalue weighted by Crippen LogP contribution is -1.96. The van der Waals surface area contributed by atoms with E-state index in [4.69, 9.17) is 5.73 Å². The van der Waals surface area contributed by atoms with Crippen molar-refractivity contribution in [1.29, 1.82) is 0 Å². The van der Waals surface area contributed by atoms with E-state index in [0.717, 1.165) is 11.1 Å². The third-order valence-corrected chi connectivity index (χ3v) is 4.15. The number of phenols is 5. The molecule has 0 aliphatic rings. The van der Waals surface area contributed by atoms with Gasteiger partial charge >= 0.3 is 0 Å². The zero-order valence-electron chi connectivity index (χ0n) is 16.6. The van der Waals surface area contributed by atoms with Crippen LogP contribution in [0.4, 0.5) is 0 Å². The topological polar surface area (TPSA) is 127 Å². The molecule has 0 fully saturated rings. The van der Waals surface area contributed by atoms with E-state index >= 15 is 0 Å². The molecule has 6 nitrogen and oxygen atoms in total. The molecule has 0 amide bonds. The highest BCUT2D eigenvalue weighted by Crippen LogP contribution is 2.53. The Bertz CT molecular complexity index is 840. The number of benzene rings is 2. The molecule has 0 atom stereocenters. The van der Waals surface area contributed by atoms with Gasteiger partial charge in [0.15, 0.2) is 11.5 Å². The van der Waals surface area contributed by atoms with Crippen molar-refractivity contribution in [3.8, 4) is 28.7 Å². The molecule has 2 rings (SSSR count). The summed E-state index contributed by atoms with van der Waals surface area (Å²) in [6.07, 6.45) is 4.80. The SMILES string of the molecule is CC.CC(C)c1ccccc1C/C=C(\C=C/N)c1c(O)c(O)c(O)c(O)c1O. The van der Waals surface area contributed by atoms with Crippen LogP contribution in [0.1, 0.15) is 50.3 Å². The normalized spacial score (nSPS) is 11.5. The Balaban J connectivity index is 0.00000190. The molecule has 6 heteroatoms. The minimum Gasteiger partial charge on any atom is -0.504 e. The molecule has 0 bridgehead atoms. The first kappa shape index (κ1) is 22.8. The number of allylic oxidation sites excluding steroid dienone is 3. The number of phenolic OH excluding ortho intramolecular Hbond substituents is 5. The summed E-state index contributed by atoms with van der Waals surface area (Å²) in [7, 11) is 0. The molecule has 0 spiro atoms. The fraction of sp³-hybridized carbons (Fsp3) is 0.273. The zero-order valence-corrected chi connectivity index (χ0v) is 16.6. The van der Waals surface area contributed by atoms with Crippen molar-refractivity contribution in [2.45, 2.75) is 40.0 Å². The molecule has 152 valence electrons. The first-order valence-corrected chi connectivity index (χ1v) is 9.14. The standard InChI is InChI=1S/C20H23NO5.C2H6/c1-11(2)14-6-4-3-5-12(14)7-8-13(9-10-21)15-16(22)18(24)20(26)19(25)17(15)23;1-2/h3-6,8-11,22-26H,7,21H2,1-2H3;1-2H3/b10-9-,13-8+;. The number of nitrogens with two attached hydrogens (primary N) is 1. The molecule has 0 heterocycles. The van der Waals surface area contributed by atoms with Crippen molar-refractivity contribution in [2.24, 2.45) is 5.73 Å². The van der Waals surface area contributed by atoms with Crippen molar-refractivity contribution in [3.63, 3.8) is 0 Å². The summed E-state index contributed by atoms with van der Waals surface area (Å²) in [6.45, 7) is 8.16. The lowest BCUT2D eigenvalue weighted by atomic mass is 9.93. The molecular weight excluding hydrogens is 358 g/mol. The summed E-state index contributed by atoms with van der Waals surface area (Å²) in [6, 6.07) is 7.87. The summed E-state index contributed by atoms with van der Waals surface area (Å²) in [4.78, 5) is 0. The van der Waals surface area contributed by atoms with Crippen molar-refractivity contribution in [2.75, 3.05) is 0 Å². The Morgan fingerprint density at radius 2 is 1.39 bits per heavy atom. The highest BCUT2D eigenvalue weighted by Gasteiger charge is 2.24. The van der Waals surface area contributed by atoms with Crippen LogP contribution < -0.4 is 5.73 Å². The lowest BCUT2D eigenvalue weighted by Gasteiger charge is -2.14. The Hall–Kier alpha value is -3.28. The van der Waals surface area contributed by atoms with Gasteiger partial charge in [-0.15, -0.1) is 0 Å². The van der Waals surface area contributed by atoms with E-state index < -0.39 is 28.7 Å². The van der Waals surface area contributed by atoms with Crippen LogP contribution in [0.25, 0.3) is 5.57 Å². The highest BCUT2D eigenvalue weighted by atomic mass is 16.4. The van der Waals surface area contributed by atoms with Gasteiger partial charge in [0.2, 0.25) is 17.2 Å². The van der Waals surface area contributed by atoms with Crippen LogP contribution in [0.3, 0.4) is 0 Å². The lowest BCUT2D eigenvalue weighted by molar-refractivity contribution is 0.327. The zero-order chi connectivity index (χ0) is 21.4. The minimum atomic E-state index is -0.995. The third-order valence-electron chi connectivity index (χ3n) is 4.15. The molecule has 0 saturated carbocycles. The summed E-state index contributed by atoms with van der Waals surface area (Å²) in [5.74, 6) is -4.02. The van der Waals surface area contributed by atoms with Crippen LogP contribution in [0.2, 0.25) is 0 Å². The highest BCUT2D eigenvalue weighted by molar-refractivity contribution is 5.86. The molecule has 0 radical (unpaired) electrons. The van der Waals surface area contributed by atoms with E-state index in [9.17, 15) is 25.5 Å². The summed E-state index contributed by atoms with van der Waals surface area (Å²) in [5, 5.41) is 49.3. The molecule has 0 aliphatic heterocycles. The minimum absolute atomic E-state index is 0.221. The maximum Gasteiger partial charge on any atom is 0.208 e. The van der Waals surface area contributed by atoms with Gasteiger partial charge in [0.25, 0.3) is 0 Å². The molecule has 28 heavy (non-hydrogen) atoms. The molecular formula is C22H29NO5. The van der Waals surface area contributed by atoms with Gasteiger partial charge in [-0.3, -0.25) is 0 Å². The molecule has 0 saturated heterocycles. The quantitative estimate of drug-likeness (QED) is 0.255. The maximum absolute atomic E-state index is 10.1. The van der Waals surface area contributed by atoms with Crippen molar-refractivity contribution in [1.82, 2.24) is 0 Å². The Labute approximate surface area is 165 Å². The van der Waals surface area contributed by atoms with Gasteiger partial charge in [0.05, 0.1) is 5.56 Å². The second-order valence-corrected chi connectivity index (χ2v) is 6.19. The average molecular weight is 387 g/mol. The van der Waals surface area contributed by atoms with E-state index in [1.54, 1.807) is 6.08 Å². The fourth-order valence-electron chi connectivity index (χ4n) is 2.82. The molecule has 0 aliphatic carbocycles. The summed E-state index contributed by atoms with van der Waals surface area (Å²) >= 11 is 0. The number of hydrogen-bond donors (Lipinski definition) is 6. The van der Waals surface area contributed by atoms with E-state index in [1.807, 2.05) is 38.1 Å². The molecule has 2 aromatic carbocycles. The Kier molecular flexibility index (Phi) is 8.26. The Morgan fingerprint density at radius 1 is 0.893 bits per heavy atom. The largest absolute Gasteiger partial charge is 0.504 e. The summed E-state index contributed by atoms with van der Waals surface area (Å²) in [5.41, 5.74) is 7.73. The number of rotatable bonds is 5. The molecule has 0 aromatic heterocycles. The maximum atomic E-state index is 10.1. The van der Waals surface area contributed by atoms with E-state index in [-0.39, 0.29) is 11.1 Å². The first-order valence-electron chi connectivity index (χ1n) is 9.14. The molecule has 0 unspecified atom stereocenters. The second kappa shape index (κ2) is 10.2. The van der Waals surface area contributed by atoms with Gasteiger partial charge in [-0.1, -0.05) is 58.0 Å². The van der Waals surface area contributed by atoms with Crippen LogP contribution in [-0.2, 0) is 6.42 Å². The third kappa shape index (κ3) is 4.71. The monoisotopic (exact) mass is 387 g/mol. The predicted molar refractivity (Wildman–Crippen MR) is 112 cm³/mol. The van der Waals surface area contributed by atoms with Crippen LogP contribution in [0, 0.1) is 0 Å². The van der Waals surface area contributed by atoms with Gasteiger partial charge in [-0.05, 0) is 41.3 Å². The van der Waals surface area contributed by atoms with Crippen LogP contribution in [-0.4, -0.2) is 25.5 Å². The Morgan fingerprint density at radius 3 is 1.89 bits per heavy atom. The van der Waals surface area contributed by atoms with Crippen LogP contribution >= 0.6 is 0 Å². The van der Waals surface area contributed by atoms with Gasteiger partial charge in [-0.25, -0.2) is 0 Å². The molecule has 7 N–H and O–H groups in total. The van der Waals surface area contributed by atoms with Gasteiger partial charge in [0, 0.05) is 0 Å². The van der Waals surface area contributed by atoms with Crippen LogP contribution in [0.5, 0.6) is 28.7 Å². The molecule has 2 aromatic rings. The summed E-state index contributed by atoms with van der Waals surface area (Å²) < 4.78 is 0.